The Labute approximate surface area is 101 Å². The number of halogens is 1. The van der Waals surface area contributed by atoms with E-state index in [0.29, 0.717) is 18.4 Å². The van der Waals surface area contributed by atoms with E-state index in [4.69, 9.17) is 0 Å². The Balaban J connectivity index is 1.85. The molecule has 0 atom stereocenters. The molecule has 1 aliphatic heterocycles. The predicted molar refractivity (Wildman–Crippen MR) is 65.3 cm³/mol. The molecule has 1 aromatic carbocycles. The molecule has 0 bridgehead atoms. The molecule has 0 unspecified atom stereocenters. The smallest absolute Gasteiger partial charge is 0.136 e. The van der Waals surface area contributed by atoms with Crippen LogP contribution in [-0.2, 0) is 11.2 Å². The first-order chi connectivity index (χ1) is 8.27. The number of Topliss-reactive ketones (excluding diaryl/α,β-unsaturated/α-hetero) is 1. The molecule has 0 aliphatic carbocycles. The second kappa shape index (κ2) is 5.92. The van der Waals surface area contributed by atoms with Crippen molar-refractivity contribution in [3.8, 4) is 0 Å². The minimum atomic E-state index is -0.203. The Morgan fingerprint density at radius 3 is 2.71 bits per heavy atom. The SMILES string of the molecule is O=C(CCc1ccccc1F)C1CCNCC1. The zero-order valence-electron chi connectivity index (χ0n) is 9.92. The van der Waals surface area contributed by atoms with Crippen molar-refractivity contribution in [2.24, 2.45) is 5.92 Å². The summed E-state index contributed by atoms with van der Waals surface area (Å²) in [5, 5.41) is 3.24. The third-order valence-corrected chi connectivity index (χ3v) is 3.39. The zero-order valence-corrected chi connectivity index (χ0v) is 9.92. The van der Waals surface area contributed by atoms with Gasteiger partial charge in [0.1, 0.15) is 11.6 Å². The highest BCUT2D eigenvalue weighted by atomic mass is 19.1. The molecule has 0 radical (unpaired) electrons. The van der Waals surface area contributed by atoms with Gasteiger partial charge in [-0.05, 0) is 44.0 Å². The second-order valence-corrected chi connectivity index (χ2v) is 4.58. The molecule has 3 heteroatoms. The van der Waals surface area contributed by atoms with Crippen LogP contribution < -0.4 is 5.32 Å². The lowest BCUT2D eigenvalue weighted by Gasteiger charge is -2.21. The van der Waals surface area contributed by atoms with Gasteiger partial charge >= 0.3 is 0 Å². The van der Waals surface area contributed by atoms with Gasteiger partial charge in [0, 0.05) is 12.3 Å². The average Bonchev–Trinajstić information content (AvgIpc) is 2.38. The van der Waals surface area contributed by atoms with Gasteiger partial charge in [-0.1, -0.05) is 18.2 Å². The number of hydrogen-bond donors (Lipinski definition) is 1. The van der Waals surface area contributed by atoms with Crippen LogP contribution in [0.2, 0.25) is 0 Å². The van der Waals surface area contributed by atoms with E-state index >= 15 is 0 Å². The third-order valence-electron chi connectivity index (χ3n) is 3.39. The molecule has 17 heavy (non-hydrogen) atoms. The van der Waals surface area contributed by atoms with Gasteiger partial charge in [-0.2, -0.15) is 0 Å². The van der Waals surface area contributed by atoms with Crippen molar-refractivity contribution in [1.29, 1.82) is 0 Å². The molecule has 1 saturated heterocycles. The van der Waals surface area contributed by atoms with Gasteiger partial charge in [-0.15, -0.1) is 0 Å². The summed E-state index contributed by atoms with van der Waals surface area (Å²) < 4.78 is 13.4. The summed E-state index contributed by atoms with van der Waals surface area (Å²) in [5.41, 5.74) is 0.648. The number of rotatable bonds is 4. The van der Waals surface area contributed by atoms with E-state index < -0.39 is 0 Å². The zero-order chi connectivity index (χ0) is 12.1. The van der Waals surface area contributed by atoms with Crippen molar-refractivity contribution in [3.05, 3.63) is 35.6 Å². The molecular weight excluding hydrogens is 217 g/mol. The number of carbonyl (C=O) groups excluding carboxylic acids is 1. The highest BCUT2D eigenvalue weighted by Gasteiger charge is 2.20. The standard InChI is InChI=1S/C14H18FNO/c15-13-4-2-1-3-11(13)5-6-14(17)12-7-9-16-10-8-12/h1-4,12,16H,5-10H2. The Morgan fingerprint density at radius 2 is 2.00 bits per heavy atom. The quantitative estimate of drug-likeness (QED) is 0.867. The van der Waals surface area contributed by atoms with E-state index in [0.717, 1.165) is 25.9 Å². The second-order valence-electron chi connectivity index (χ2n) is 4.58. The summed E-state index contributed by atoms with van der Waals surface area (Å²) in [7, 11) is 0. The van der Waals surface area contributed by atoms with Crippen molar-refractivity contribution < 1.29 is 9.18 Å². The summed E-state index contributed by atoms with van der Waals surface area (Å²) in [6.45, 7) is 1.85. The van der Waals surface area contributed by atoms with Crippen molar-refractivity contribution in [2.45, 2.75) is 25.7 Å². The van der Waals surface area contributed by atoms with E-state index in [1.54, 1.807) is 12.1 Å². The first kappa shape index (κ1) is 12.2. The van der Waals surface area contributed by atoms with Gasteiger partial charge in [0.2, 0.25) is 0 Å². The van der Waals surface area contributed by atoms with Crippen LogP contribution >= 0.6 is 0 Å². The average molecular weight is 235 g/mol. The predicted octanol–water partition coefficient (Wildman–Crippen LogP) is 2.33. The number of carbonyl (C=O) groups is 1. The summed E-state index contributed by atoms with van der Waals surface area (Å²) in [6, 6.07) is 6.69. The van der Waals surface area contributed by atoms with Crippen LogP contribution in [0.3, 0.4) is 0 Å². The van der Waals surface area contributed by atoms with Gasteiger partial charge in [0.05, 0.1) is 0 Å². The highest BCUT2D eigenvalue weighted by Crippen LogP contribution is 2.17. The molecule has 1 aromatic rings. The fourth-order valence-electron chi connectivity index (χ4n) is 2.31. The van der Waals surface area contributed by atoms with Crippen LogP contribution in [0.5, 0.6) is 0 Å². The molecule has 1 fully saturated rings. The van der Waals surface area contributed by atoms with Crippen LogP contribution in [0, 0.1) is 11.7 Å². The first-order valence-corrected chi connectivity index (χ1v) is 6.24. The number of benzene rings is 1. The number of aryl methyl sites for hydroxylation is 1. The van der Waals surface area contributed by atoms with E-state index in [9.17, 15) is 9.18 Å². The number of hydrogen-bond acceptors (Lipinski definition) is 2. The molecular formula is C14H18FNO. The Bertz CT molecular complexity index is 386. The lowest BCUT2D eigenvalue weighted by Crippen LogP contribution is -2.31. The number of piperidine rings is 1. The van der Waals surface area contributed by atoms with Crippen LogP contribution in [0.4, 0.5) is 4.39 Å². The summed E-state index contributed by atoms with van der Waals surface area (Å²) in [4.78, 5) is 11.9. The van der Waals surface area contributed by atoms with E-state index in [-0.39, 0.29) is 17.5 Å². The van der Waals surface area contributed by atoms with E-state index in [1.165, 1.54) is 6.07 Å². The van der Waals surface area contributed by atoms with Crippen molar-refractivity contribution in [2.75, 3.05) is 13.1 Å². The Hall–Kier alpha value is -1.22. The first-order valence-electron chi connectivity index (χ1n) is 6.24. The molecule has 0 saturated carbocycles. The molecule has 92 valence electrons. The summed E-state index contributed by atoms with van der Waals surface area (Å²) >= 11 is 0. The van der Waals surface area contributed by atoms with Gasteiger partial charge < -0.3 is 5.32 Å². The number of ketones is 1. The Morgan fingerprint density at radius 1 is 1.29 bits per heavy atom. The minimum absolute atomic E-state index is 0.183. The molecule has 1 N–H and O–H groups in total. The maximum atomic E-state index is 13.4. The fourth-order valence-corrected chi connectivity index (χ4v) is 2.31. The van der Waals surface area contributed by atoms with E-state index in [1.807, 2.05) is 6.07 Å². The highest BCUT2D eigenvalue weighted by molar-refractivity contribution is 5.81. The molecule has 2 nitrogen and oxygen atoms in total. The summed E-state index contributed by atoms with van der Waals surface area (Å²) in [5.74, 6) is 0.267. The minimum Gasteiger partial charge on any atom is -0.317 e. The van der Waals surface area contributed by atoms with Gasteiger partial charge in [-0.25, -0.2) is 4.39 Å². The molecule has 0 amide bonds. The van der Waals surface area contributed by atoms with Crippen LogP contribution in [0.15, 0.2) is 24.3 Å². The number of nitrogens with one attached hydrogen (secondary N) is 1. The monoisotopic (exact) mass is 235 g/mol. The van der Waals surface area contributed by atoms with Crippen LogP contribution in [0.25, 0.3) is 0 Å². The fraction of sp³-hybridized carbons (Fsp3) is 0.500. The van der Waals surface area contributed by atoms with E-state index in [2.05, 4.69) is 5.32 Å². The maximum Gasteiger partial charge on any atom is 0.136 e. The Kier molecular flexibility index (Phi) is 4.26. The molecule has 0 spiro atoms. The normalized spacial score (nSPS) is 17.0. The lowest BCUT2D eigenvalue weighted by molar-refractivity contribution is -0.123. The molecule has 1 aliphatic rings. The van der Waals surface area contributed by atoms with Gasteiger partial charge in [-0.3, -0.25) is 4.79 Å². The molecule has 0 aromatic heterocycles. The largest absolute Gasteiger partial charge is 0.317 e. The van der Waals surface area contributed by atoms with Gasteiger partial charge in [0.25, 0.3) is 0 Å². The van der Waals surface area contributed by atoms with Crippen molar-refractivity contribution in [3.63, 3.8) is 0 Å². The molecule has 1 heterocycles. The van der Waals surface area contributed by atoms with Crippen molar-refractivity contribution in [1.82, 2.24) is 5.32 Å². The van der Waals surface area contributed by atoms with Crippen LogP contribution in [-0.4, -0.2) is 18.9 Å². The molecule has 2 rings (SSSR count). The summed E-state index contributed by atoms with van der Waals surface area (Å²) in [6.07, 6.45) is 2.84. The van der Waals surface area contributed by atoms with Crippen LogP contribution in [0.1, 0.15) is 24.8 Å². The van der Waals surface area contributed by atoms with Crippen molar-refractivity contribution >= 4 is 5.78 Å². The van der Waals surface area contributed by atoms with Gasteiger partial charge in [0.15, 0.2) is 0 Å². The topological polar surface area (TPSA) is 29.1 Å². The lowest BCUT2D eigenvalue weighted by atomic mass is 9.90. The maximum absolute atomic E-state index is 13.4. The third kappa shape index (κ3) is 3.37.